The Morgan fingerprint density at radius 2 is 1.00 bits per heavy atom. The summed E-state index contributed by atoms with van der Waals surface area (Å²) in [5.74, 6) is 0. The molecule has 0 radical (unpaired) electrons. The molecule has 0 aliphatic heterocycles. The Balaban J connectivity index is 3.91. The third kappa shape index (κ3) is 18.8. The van der Waals surface area contributed by atoms with E-state index in [1.165, 1.54) is 0 Å². The van der Waals surface area contributed by atoms with Crippen molar-refractivity contribution >= 4 is 0 Å². The van der Waals surface area contributed by atoms with Crippen LogP contribution in [0.25, 0.3) is 0 Å². The van der Waals surface area contributed by atoms with Gasteiger partial charge < -0.3 is 18.9 Å². The molecule has 0 spiro atoms. The molecule has 2 unspecified atom stereocenters. The van der Waals surface area contributed by atoms with Crippen molar-refractivity contribution in [1.29, 1.82) is 0 Å². The zero-order chi connectivity index (χ0) is 20.0. The summed E-state index contributed by atoms with van der Waals surface area (Å²) in [6, 6.07) is 0. The molecular formula is C21H43FO5. The summed E-state index contributed by atoms with van der Waals surface area (Å²) in [5, 5.41) is 0. The molecule has 0 aromatic rings. The molecule has 164 valence electrons. The van der Waals surface area contributed by atoms with E-state index in [0.717, 1.165) is 71.0 Å². The Kier molecular flexibility index (Phi) is 21.8. The summed E-state index contributed by atoms with van der Waals surface area (Å²) >= 11 is 0. The van der Waals surface area contributed by atoms with E-state index in [4.69, 9.17) is 18.9 Å². The Morgan fingerprint density at radius 1 is 0.556 bits per heavy atom. The van der Waals surface area contributed by atoms with E-state index in [1.807, 2.05) is 0 Å². The summed E-state index contributed by atoms with van der Waals surface area (Å²) in [5.41, 5.74) is 0. The lowest BCUT2D eigenvalue weighted by Gasteiger charge is -2.20. The van der Waals surface area contributed by atoms with Crippen LogP contribution in [-0.4, -0.2) is 45.6 Å². The molecule has 0 aliphatic rings. The maximum absolute atomic E-state index is 12.6. The normalized spacial score (nSPS) is 13.8. The van der Waals surface area contributed by atoms with Gasteiger partial charge in [-0.25, -0.2) is 0 Å². The Labute approximate surface area is 166 Å². The van der Waals surface area contributed by atoms with Gasteiger partial charge in [-0.3, -0.25) is 0 Å². The second-order valence-electron chi connectivity index (χ2n) is 6.87. The van der Waals surface area contributed by atoms with Crippen molar-refractivity contribution in [3.8, 4) is 0 Å². The van der Waals surface area contributed by atoms with Gasteiger partial charge in [0.25, 0.3) is 0 Å². The first kappa shape index (κ1) is 26.7. The fourth-order valence-electron chi connectivity index (χ4n) is 2.41. The number of hydrogen-bond acceptors (Lipinski definition) is 5. The molecule has 5 nitrogen and oxygen atoms in total. The van der Waals surface area contributed by atoms with Gasteiger partial charge in [-0.1, -0.05) is 40.0 Å². The van der Waals surface area contributed by atoms with Crippen LogP contribution in [0.5, 0.6) is 0 Å². The SMILES string of the molecule is CCCCOCCCCOC(CCCC(OF)OCCCC)OCCCC. The Morgan fingerprint density at radius 3 is 1.59 bits per heavy atom. The maximum atomic E-state index is 12.6. The summed E-state index contributed by atoms with van der Waals surface area (Å²) in [7, 11) is 0. The number of ether oxygens (including phenoxy) is 4. The van der Waals surface area contributed by atoms with Gasteiger partial charge in [0, 0.05) is 39.5 Å². The van der Waals surface area contributed by atoms with Gasteiger partial charge in [0.05, 0.1) is 0 Å². The molecule has 0 saturated carbocycles. The summed E-state index contributed by atoms with van der Waals surface area (Å²) in [4.78, 5) is 3.91. The molecule has 0 aliphatic carbocycles. The average Bonchev–Trinajstić information content (AvgIpc) is 2.68. The lowest BCUT2D eigenvalue weighted by molar-refractivity contribution is -0.277. The fourth-order valence-corrected chi connectivity index (χ4v) is 2.41. The van der Waals surface area contributed by atoms with Gasteiger partial charge in [-0.15, -0.1) is 0 Å². The van der Waals surface area contributed by atoms with Crippen LogP contribution in [0.15, 0.2) is 0 Å². The highest BCUT2D eigenvalue weighted by Gasteiger charge is 2.14. The number of hydrogen-bond donors (Lipinski definition) is 0. The predicted molar refractivity (Wildman–Crippen MR) is 106 cm³/mol. The maximum Gasteiger partial charge on any atom is 0.196 e. The summed E-state index contributed by atoms with van der Waals surface area (Å²) in [6.07, 6.45) is 9.19. The van der Waals surface area contributed by atoms with Crippen molar-refractivity contribution in [1.82, 2.24) is 0 Å². The second kappa shape index (κ2) is 22.0. The molecular weight excluding hydrogens is 351 g/mol. The first-order valence-corrected chi connectivity index (χ1v) is 11.0. The van der Waals surface area contributed by atoms with Crippen LogP contribution >= 0.6 is 0 Å². The third-order valence-electron chi connectivity index (χ3n) is 4.21. The van der Waals surface area contributed by atoms with Gasteiger partial charge in [0.15, 0.2) is 12.6 Å². The minimum Gasteiger partial charge on any atom is -0.381 e. The Bertz CT molecular complexity index is 281. The van der Waals surface area contributed by atoms with E-state index in [9.17, 15) is 4.53 Å². The smallest absolute Gasteiger partial charge is 0.196 e. The van der Waals surface area contributed by atoms with Crippen molar-refractivity contribution in [3.63, 3.8) is 0 Å². The first-order valence-electron chi connectivity index (χ1n) is 11.0. The molecule has 6 heteroatoms. The third-order valence-corrected chi connectivity index (χ3v) is 4.21. The zero-order valence-corrected chi connectivity index (χ0v) is 17.9. The molecule has 27 heavy (non-hydrogen) atoms. The van der Waals surface area contributed by atoms with Gasteiger partial charge in [0.2, 0.25) is 0 Å². The fraction of sp³-hybridized carbons (Fsp3) is 1.00. The van der Waals surface area contributed by atoms with Gasteiger partial charge in [-0.05, 0) is 49.5 Å². The number of rotatable bonds is 22. The lowest BCUT2D eigenvalue weighted by atomic mass is 10.2. The molecule has 0 aromatic carbocycles. The van der Waals surface area contributed by atoms with Crippen LogP contribution in [0.2, 0.25) is 0 Å². The van der Waals surface area contributed by atoms with Crippen LogP contribution in [0.3, 0.4) is 0 Å². The minimum absolute atomic E-state index is 0.242. The van der Waals surface area contributed by atoms with Crippen LogP contribution in [0, 0.1) is 0 Å². The highest BCUT2D eigenvalue weighted by atomic mass is 19.3. The molecule has 0 N–H and O–H groups in total. The number of halogens is 1. The summed E-state index contributed by atoms with van der Waals surface area (Å²) in [6.45, 7) is 9.87. The molecule has 0 rings (SSSR count). The first-order chi connectivity index (χ1) is 13.3. The minimum atomic E-state index is -0.784. The number of unbranched alkanes of at least 4 members (excludes halogenated alkanes) is 4. The van der Waals surface area contributed by atoms with Crippen molar-refractivity contribution in [2.75, 3.05) is 33.0 Å². The van der Waals surface area contributed by atoms with E-state index in [2.05, 4.69) is 25.7 Å². The van der Waals surface area contributed by atoms with E-state index in [0.29, 0.717) is 32.7 Å². The van der Waals surface area contributed by atoms with Crippen LogP contribution < -0.4 is 0 Å². The lowest BCUT2D eigenvalue weighted by Crippen LogP contribution is -2.21. The monoisotopic (exact) mass is 394 g/mol. The van der Waals surface area contributed by atoms with Crippen molar-refractivity contribution < 1.29 is 28.4 Å². The van der Waals surface area contributed by atoms with E-state index < -0.39 is 6.29 Å². The van der Waals surface area contributed by atoms with E-state index in [-0.39, 0.29) is 6.29 Å². The Hall–Kier alpha value is -0.270. The van der Waals surface area contributed by atoms with Gasteiger partial charge in [0.1, 0.15) is 0 Å². The molecule has 0 aromatic heterocycles. The topological polar surface area (TPSA) is 46.2 Å². The van der Waals surface area contributed by atoms with E-state index >= 15 is 0 Å². The largest absolute Gasteiger partial charge is 0.381 e. The highest BCUT2D eigenvalue weighted by molar-refractivity contribution is 4.52. The van der Waals surface area contributed by atoms with Crippen LogP contribution in [-0.2, 0) is 23.9 Å². The molecule has 2 atom stereocenters. The van der Waals surface area contributed by atoms with Crippen molar-refractivity contribution in [2.45, 2.75) is 104 Å². The van der Waals surface area contributed by atoms with E-state index in [1.54, 1.807) is 0 Å². The van der Waals surface area contributed by atoms with Gasteiger partial charge in [-0.2, -0.15) is 4.94 Å². The van der Waals surface area contributed by atoms with Crippen LogP contribution in [0.1, 0.15) is 91.4 Å². The zero-order valence-electron chi connectivity index (χ0n) is 17.9. The molecule has 0 saturated heterocycles. The summed E-state index contributed by atoms with van der Waals surface area (Å²) < 4.78 is 35.2. The quantitative estimate of drug-likeness (QED) is 0.167. The highest BCUT2D eigenvalue weighted by Crippen LogP contribution is 2.13. The standard InChI is InChI=1S/C21H43FO5/c1-4-7-15-23-16-10-11-19-25-20(24-17-8-5-2)13-12-14-21(27-22)26-18-9-6-3/h20-21H,4-19H2,1-3H3. The van der Waals surface area contributed by atoms with Crippen LogP contribution in [0.4, 0.5) is 4.53 Å². The van der Waals surface area contributed by atoms with Gasteiger partial charge >= 0.3 is 0 Å². The van der Waals surface area contributed by atoms with Crippen molar-refractivity contribution in [2.24, 2.45) is 0 Å². The molecule has 0 fully saturated rings. The predicted octanol–water partition coefficient (Wildman–Crippen LogP) is 5.96. The van der Waals surface area contributed by atoms with Crippen molar-refractivity contribution in [3.05, 3.63) is 0 Å². The molecule has 0 bridgehead atoms. The molecule has 0 heterocycles. The second-order valence-corrected chi connectivity index (χ2v) is 6.87. The average molecular weight is 395 g/mol. The molecule has 0 amide bonds.